The highest BCUT2D eigenvalue weighted by molar-refractivity contribution is 4.87. The van der Waals surface area contributed by atoms with E-state index in [-0.39, 0.29) is 11.1 Å². The van der Waals surface area contributed by atoms with Gasteiger partial charge in [-0.3, -0.25) is 4.90 Å². The maximum absolute atomic E-state index is 3.81. The number of nitrogens with one attached hydrogen (secondary N) is 1. The number of unbranched alkanes of at least 4 members (excludes halogenated alkanes) is 1. The summed E-state index contributed by atoms with van der Waals surface area (Å²) in [6.07, 6.45) is 6.49. The van der Waals surface area contributed by atoms with Crippen molar-refractivity contribution in [1.82, 2.24) is 10.2 Å². The summed E-state index contributed by atoms with van der Waals surface area (Å²) in [6, 6.07) is 0. The summed E-state index contributed by atoms with van der Waals surface area (Å²) >= 11 is 0. The Kier molecular flexibility index (Phi) is 9.71. The van der Waals surface area contributed by atoms with Crippen molar-refractivity contribution in [2.24, 2.45) is 10.8 Å². The molecule has 0 bridgehead atoms. The zero-order valence-corrected chi connectivity index (χ0v) is 19.6. The normalized spacial score (nSPS) is 14.4. The highest BCUT2D eigenvalue weighted by Crippen LogP contribution is 2.24. The van der Waals surface area contributed by atoms with Gasteiger partial charge < -0.3 is 5.32 Å². The van der Waals surface area contributed by atoms with Gasteiger partial charge in [-0.1, -0.05) is 48.0 Å². The van der Waals surface area contributed by atoms with Crippen LogP contribution in [0.4, 0.5) is 0 Å². The Morgan fingerprint density at radius 1 is 0.640 bits per heavy atom. The first-order valence-corrected chi connectivity index (χ1v) is 10.5. The van der Waals surface area contributed by atoms with E-state index >= 15 is 0 Å². The Labute approximate surface area is 160 Å². The molecule has 0 saturated carbocycles. The molecular weight excluding hydrogens is 304 g/mol. The van der Waals surface area contributed by atoms with E-state index in [2.05, 4.69) is 86.4 Å². The van der Waals surface area contributed by atoms with E-state index in [9.17, 15) is 0 Å². The van der Waals surface area contributed by atoms with Gasteiger partial charge in [-0.25, -0.2) is 0 Å². The Morgan fingerprint density at radius 2 is 1.12 bits per heavy atom. The largest absolute Gasteiger partial charge is 0.311 e. The fourth-order valence-corrected chi connectivity index (χ4v) is 3.19. The predicted molar refractivity (Wildman–Crippen MR) is 115 cm³/mol. The van der Waals surface area contributed by atoms with Crippen LogP contribution in [-0.4, -0.2) is 35.6 Å². The smallest absolute Gasteiger partial charge is 0.0252 e. The van der Waals surface area contributed by atoms with Crippen molar-refractivity contribution in [3.8, 4) is 0 Å². The highest BCUT2D eigenvalue weighted by atomic mass is 15.2. The molecule has 0 aliphatic rings. The Morgan fingerprint density at radius 3 is 1.56 bits per heavy atom. The van der Waals surface area contributed by atoms with Gasteiger partial charge in [0.1, 0.15) is 0 Å². The van der Waals surface area contributed by atoms with Crippen LogP contribution >= 0.6 is 0 Å². The Balaban J connectivity index is 4.43. The average Bonchev–Trinajstić information content (AvgIpc) is 2.35. The van der Waals surface area contributed by atoms with Gasteiger partial charge >= 0.3 is 0 Å². The van der Waals surface area contributed by atoms with E-state index < -0.39 is 0 Å². The van der Waals surface area contributed by atoms with Crippen molar-refractivity contribution >= 4 is 0 Å². The molecule has 0 saturated heterocycles. The third-order valence-electron chi connectivity index (χ3n) is 4.85. The van der Waals surface area contributed by atoms with E-state index in [1.807, 2.05) is 0 Å². The summed E-state index contributed by atoms with van der Waals surface area (Å²) in [6.45, 7) is 29.2. The molecule has 0 spiro atoms. The molecule has 0 aliphatic carbocycles. The van der Waals surface area contributed by atoms with E-state index in [1.165, 1.54) is 38.6 Å². The lowest BCUT2D eigenvalue weighted by Crippen LogP contribution is -2.54. The predicted octanol–water partition coefficient (Wildman–Crippen LogP) is 6.50. The summed E-state index contributed by atoms with van der Waals surface area (Å²) in [7, 11) is 0. The van der Waals surface area contributed by atoms with Crippen molar-refractivity contribution < 1.29 is 0 Å². The molecule has 0 aliphatic heterocycles. The van der Waals surface area contributed by atoms with Crippen LogP contribution in [0, 0.1) is 10.8 Å². The molecule has 0 fully saturated rings. The van der Waals surface area contributed by atoms with Gasteiger partial charge in [-0.15, -0.1) is 0 Å². The first-order valence-electron chi connectivity index (χ1n) is 10.5. The molecule has 0 amide bonds. The number of hydrogen-bond acceptors (Lipinski definition) is 2. The minimum absolute atomic E-state index is 0.162. The van der Waals surface area contributed by atoms with Crippen LogP contribution in [0.15, 0.2) is 0 Å². The van der Waals surface area contributed by atoms with Crippen molar-refractivity contribution in [3.05, 3.63) is 0 Å². The second-order valence-electron chi connectivity index (χ2n) is 12.1. The topological polar surface area (TPSA) is 15.3 Å². The molecule has 25 heavy (non-hydrogen) atoms. The average molecular weight is 355 g/mol. The summed E-state index contributed by atoms with van der Waals surface area (Å²) in [5.41, 5.74) is 1.29. The van der Waals surface area contributed by atoms with Gasteiger partial charge in [0.15, 0.2) is 0 Å². The second-order valence-corrected chi connectivity index (χ2v) is 12.1. The molecule has 2 heteroatoms. The van der Waals surface area contributed by atoms with Crippen LogP contribution in [0.3, 0.4) is 0 Å². The zero-order chi connectivity index (χ0) is 19.9. The fraction of sp³-hybridized carbons (Fsp3) is 1.00. The van der Waals surface area contributed by atoms with E-state index in [0.717, 1.165) is 13.1 Å². The summed E-state index contributed by atoms with van der Waals surface area (Å²) < 4.78 is 0. The van der Waals surface area contributed by atoms with Crippen molar-refractivity contribution in [2.75, 3.05) is 19.6 Å². The zero-order valence-electron chi connectivity index (χ0n) is 19.6. The number of rotatable bonds is 10. The lowest BCUT2D eigenvalue weighted by Gasteiger charge is -2.42. The molecule has 0 rings (SSSR count). The molecule has 0 atom stereocenters. The molecule has 0 unspecified atom stereocenters. The van der Waals surface area contributed by atoms with Gasteiger partial charge in [0.25, 0.3) is 0 Å². The molecule has 0 aromatic heterocycles. The molecule has 1 N–H and O–H groups in total. The van der Waals surface area contributed by atoms with Crippen LogP contribution in [0.1, 0.15) is 108 Å². The summed E-state index contributed by atoms with van der Waals surface area (Å²) in [5.74, 6) is 0. The maximum Gasteiger partial charge on any atom is 0.0252 e. The standard InChI is InChI=1S/C23H50N2/c1-20(2,3)15-12-13-18-25(22(7,8)9)19-23(10,11)24-17-14-16-21(4,5)6/h24H,12-19H2,1-11H3. The van der Waals surface area contributed by atoms with Crippen molar-refractivity contribution in [3.63, 3.8) is 0 Å². The van der Waals surface area contributed by atoms with Gasteiger partial charge in [-0.05, 0) is 84.2 Å². The Bertz CT molecular complexity index is 350. The minimum Gasteiger partial charge on any atom is -0.311 e. The van der Waals surface area contributed by atoms with Gasteiger partial charge in [-0.2, -0.15) is 0 Å². The minimum atomic E-state index is 0.162. The molecule has 0 aromatic rings. The van der Waals surface area contributed by atoms with Crippen molar-refractivity contribution in [2.45, 2.75) is 119 Å². The lowest BCUT2D eigenvalue weighted by atomic mass is 9.89. The monoisotopic (exact) mass is 354 g/mol. The number of nitrogens with zero attached hydrogens (tertiary/aromatic N) is 1. The molecule has 0 heterocycles. The van der Waals surface area contributed by atoms with Crippen LogP contribution in [0.5, 0.6) is 0 Å². The molecule has 0 radical (unpaired) electrons. The first kappa shape index (κ1) is 24.9. The van der Waals surface area contributed by atoms with Crippen molar-refractivity contribution in [1.29, 1.82) is 0 Å². The van der Waals surface area contributed by atoms with E-state index in [1.54, 1.807) is 0 Å². The van der Waals surface area contributed by atoms with Crippen LogP contribution in [0.25, 0.3) is 0 Å². The first-order chi connectivity index (χ1) is 11.0. The van der Waals surface area contributed by atoms with E-state index in [0.29, 0.717) is 10.8 Å². The number of hydrogen-bond donors (Lipinski definition) is 1. The summed E-state index contributed by atoms with van der Waals surface area (Å²) in [5, 5.41) is 3.81. The fourth-order valence-electron chi connectivity index (χ4n) is 3.19. The van der Waals surface area contributed by atoms with Gasteiger partial charge in [0, 0.05) is 17.6 Å². The Hall–Kier alpha value is -0.0800. The van der Waals surface area contributed by atoms with Gasteiger partial charge in [0.05, 0.1) is 0 Å². The van der Waals surface area contributed by atoms with Crippen LogP contribution in [-0.2, 0) is 0 Å². The molecule has 152 valence electrons. The second kappa shape index (κ2) is 9.74. The molecule has 0 aromatic carbocycles. The quantitative estimate of drug-likeness (QED) is 0.450. The SMILES string of the molecule is CC(C)(C)CCCCN(CC(C)(C)NCCCC(C)(C)C)C(C)(C)C. The lowest BCUT2D eigenvalue weighted by molar-refractivity contribution is 0.0959. The highest BCUT2D eigenvalue weighted by Gasteiger charge is 2.28. The van der Waals surface area contributed by atoms with Crippen LogP contribution < -0.4 is 5.32 Å². The third kappa shape index (κ3) is 14.7. The van der Waals surface area contributed by atoms with E-state index in [4.69, 9.17) is 0 Å². The molecule has 2 nitrogen and oxygen atoms in total. The van der Waals surface area contributed by atoms with Gasteiger partial charge in [0.2, 0.25) is 0 Å². The maximum atomic E-state index is 3.81. The third-order valence-corrected chi connectivity index (χ3v) is 4.85. The molecular formula is C23H50N2. The summed E-state index contributed by atoms with van der Waals surface area (Å²) in [4.78, 5) is 2.67. The van der Waals surface area contributed by atoms with Crippen LogP contribution in [0.2, 0.25) is 0 Å².